The highest BCUT2D eigenvalue weighted by Gasteiger charge is 2.36. The molecule has 1 saturated carbocycles. The summed E-state index contributed by atoms with van der Waals surface area (Å²) < 4.78 is 0. The van der Waals surface area contributed by atoms with Crippen molar-refractivity contribution in [3.63, 3.8) is 0 Å². The maximum atomic E-state index is 9.34. The first kappa shape index (κ1) is 12.0. The molecule has 1 aliphatic carbocycles. The summed E-state index contributed by atoms with van der Waals surface area (Å²) in [6, 6.07) is 0. The Labute approximate surface area is 88.9 Å². The van der Waals surface area contributed by atoms with E-state index in [0.717, 1.165) is 17.8 Å². The second kappa shape index (κ2) is 5.75. The molecule has 0 heterocycles. The zero-order chi connectivity index (χ0) is 10.6. The van der Waals surface area contributed by atoms with E-state index < -0.39 is 0 Å². The van der Waals surface area contributed by atoms with E-state index in [1.165, 1.54) is 32.1 Å². The third-order valence-corrected chi connectivity index (χ3v) is 4.01. The molecular weight excluding hydrogens is 172 g/mol. The van der Waals surface area contributed by atoms with E-state index in [2.05, 4.69) is 20.8 Å². The Morgan fingerprint density at radius 1 is 1.29 bits per heavy atom. The van der Waals surface area contributed by atoms with Gasteiger partial charge >= 0.3 is 0 Å². The van der Waals surface area contributed by atoms with Crippen molar-refractivity contribution in [2.75, 3.05) is 6.61 Å². The van der Waals surface area contributed by atoms with Gasteiger partial charge in [-0.25, -0.2) is 0 Å². The summed E-state index contributed by atoms with van der Waals surface area (Å²) in [7, 11) is 0. The summed E-state index contributed by atoms with van der Waals surface area (Å²) in [5.74, 6) is 3.08. The second-order valence-corrected chi connectivity index (χ2v) is 5.23. The lowest BCUT2D eigenvalue weighted by atomic mass is 9.80. The van der Waals surface area contributed by atoms with Crippen molar-refractivity contribution in [1.29, 1.82) is 0 Å². The standard InChI is InChI=1S/C13H26O/c1-4-5-6-13-11(9-14)7-8-12(13)10(2)3/h10-14H,4-9H2,1-3H3. The highest BCUT2D eigenvalue weighted by atomic mass is 16.3. The summed E-state index contributed by atoms with van der Waals surface area (Å²) in [5.41, 5.74) is 0. The molecule has 0 aromatic heterocycles. The molecule has 1 rings (SSSR count). The zero-order valence-electron chi connectivity index (χ0n) is 10.00. The Morgan fingerprint density at radius 2 is 2.00 bits per heavy atom. The molecule has 0 amide bonds. The van der Waals surface area contributed by atoms with Crippen molar-refractivity contribution >= 4 is 0 Å². The minimum absolute atomic E-state index is 0.414. The number of rotatable bonds is 5. The summed E-state index contributed by atoms with van der Waals surface area (Å²) in [6.07, 6.45) is 6.57. The third-order valence-electron chi connectivity index (χ3n) is 4.01. The minimum Gasteiger partial charge on any atom is -0.396 e. The van der Waals surface area contributed by atoms with Gasteiger partial charge in [0.15, 0.2) is 0 Å². The van der Waals surface area contributed by atoms with Crippen LogP contribution in [-0.2, 0) is 0 Å². The van der Waals surface area contributed by atoms with Gasteiger partial charge in [0, 0.05) is 6.61 Å². The van der Waals surface area contributed by atoms with Crippen LogP contribution in [0.4, 0.5) is 0 Å². The van der Waals surface area contributed by atoms with E-state index in [4.69, 9.17) is 0 Å². The van der Waals surface area contributed by atoms with Gasteiger partial charge in [-0.3, -0.25) is 0 Å². The molecule has 1 nitrogen and oxygen atoms in total. The van der Waals surface area contributed by atoms with Crippen LogP contribution in [0, 0.1) is 23.7 Å². The van der Waals surface area contributed by atoms with Gasteiger partial charge in [-0.2, -0.15) is 0 Å². The molecule has 84 valence electrons. The highest BCUT2D eigenvalue weighted by Crippen LogP contribution is 2.43. The van der Waals surface area contributed by atoms with Gasteiger partial charge in [0.25, 0.3) is 0 Å². The van der Waals surface area contributed by atoms with Gasteiger partial charge < -0.3 is 5.11 Å². The molecule has 0 radical (unpaired) electrons. The molecule has 0 aliphatic heterocycles. The van der Waals surface area contributed by atoms with Crippen molar-refractivity contribution in [1.82, 2.24) is 0 Å². The van der Waals surface area contributed by atoms with Crippen LogP contribution in [0.2, 0.25) is 0 Å². The molecule has 0 aromatic rings. The fourth-order valence-corrected chi connectivity index (χ4v) is 3.13. The number of hydrogen-bond donors (Lipinski definition) is 1. The Balaban J connectivity index is 2.51. The van der Waals surface area contributed by atoms with Gasteiger partial charge in [0.05, 0.1) is 0 Å². The maximum Gasteiger partial charge on any atom is 0.0462 e. The predicted molar refractivity (Wildman–Crippen MR) is 61.2 cm³/mol. The van der Waals surface area contributed by atoms with E-state index in [1.807, 2.05) is 0 Å². The van der Waals surface area contributed by atoms with Crippen LogP contribution < -0.4 is 0 Å². The molecule has 1 aliphatic rings. The molecule has 1 N–H and O–H groups in total. The van der Waals surface area contributed by atoms with E-state index in [1.54, 1.807) is 0 Å². The number of aliphatic hydroxyl groups is 1. The summed E-state index contributed by atoms with van der Waals surface area (Å²) in [5, 5.41) is 9.34. The Bertz CT molecular complexity index is 153. The van der Waals surface area contributed by atoms with Crippen molar-refractivity contribution in [3.8, 4) is 0 Å². The fourth-order valence-electron chi connectivity index (χ4n) is 3.13. The van der Waals surface area contributed by atoms with Crippen molar-refractivity contribution in [2.45, 2.75) is 52.9 Å². The lowest BCUT2D eigenvalue weighted by Gasteiger charge is -2.26. The van der Waals surface area contributed by atoms with E-state index in [9.17, 15) is 5.11 Å². The Hall–Kier alpha value is -0.0400. The Kier molecular flexibility index (Phi) is 4.94. The van der Waals surface area contributed by atoms with Crippen LogP contribution in [0.25, 0.3) is 0 Å². The van der Waals surface area contributed by atoms with Crippen LogP contribution in [0.3, 0.4) is 0 Å². The first-order valence-corrected chi connectivity index (χ1v) is 6.31. The first-order valence-electron chi connectivity index (χ1n) is 6.31. The largest absolute Gasteiger partial charge is 0.396 e. The molecule has 0 aromatic carbocycles. The van der Waals surface area contributed by atoms with E-state index in [-0.39, 0.29) is 0 Å². The van der Waals surface area contributed by atoms with Gasteiger partial charge in [-0.05, 0) is 42.9 Å². The lowest BCUT2D eigenvalue weighted by Crippen LogP contribution is -2.21. The van der Waals surface area contributed by atoms with Crippen molar-refractivity contribution < 1.29 is 5.11 Å². The van der Waals surface area contributed by atoms with Crippen molar-refractivity contribution in [3.05, 3.63) is 0 Å². The number of hydrogen-bond acceptors (Lipinski definition) is 1. The highest BCUT2D eigenvalue weighted by molar-refractivity contribution is 4.85. The van der Waals surface area contributed by atoms with Crippen LogP contribution in [0.5, 0.6) is 0 Å². The molecule has 3 atom stereocenters. The topological polar surface area (TPSA) is 20.2 Å². The monoisotopic (exact) mass is 198 g/mol. The fraction of sp³-hybridized carbons (Fsp3) is 1.00. The molecule has 3 unspecified atom stereocenters. The summed E-state index contributed by atoms with van der Waals surface area (Å²) in [4.78, 5) is 0. The van der Waals surface area contributed by atoms with Crippen molar-refractivity contribution in [2.24, 2.45) is 23.7 Å². The van der Waals surface area contributed by atoms with Crippen LogP contribution >= 0.6 is 0 Å². The first-order chi connectivity index (χ1) is 6.70. The third kappa shape index (κ3) is 2.73. The number of aliphatic hydroxyl groups excluding tert-OH is 1. The second-order valence-electron chi connectivity index (χ2n) is 5.23. The van der Waals surface area contributed by atoms with Crippen LogP contribution in [0.1, 0.15) is 52.9 Å². The minimum atomic E-state index is 0.414. The predicted octanol–water partition coefficient (Wildman–Crippen LogP) is 3.47. The average molecular weight is 198 g/mol. The van der Waals surface area contributed by atoms with E-state index in [0.29, 0.717) is 12.5 Å². The van der Waals surface area contributed by atoms with E-state index >= 15 is 0 Å². The van der Waals surface area contributed by atoms with Gasteiger partial charge in [-0.15, -0.1) is 0 Å². The Morgan fingerprint density at radius 3 is 2.50 bits per heavy atom. The molecule has 1 heteroatoms. The molecule has 1 fully saturated rings. The molecule has 0 bridgehead atoms. The smallest absolute Gasteiger partial charge is 0.0462 e. The SMILES string of the molecule is CCCCC1C(CO)CCC1C(C)C. The zero-order valence-corrected chi connectivity index (χ0v) is 10.00. The summed E-state index contributed by atoms with van der Waals surface area (Å²) >= 11 is 0. The molecular formula is C13H26O. The molecule has 0 spiro atoms. The maximum absolute atomic E-state index is 9.34. The average Bonchev–Trinajstić information content (AvgIpc) is 2.57. The normalized spacial score (nSPS) is 32.8. The van der Waals surface area contributed by atoms with Crippen LogP contribution in [-0.4, -0.2) is 11.7 Å². The quantitative estimate of drug-likeness (QED) is 0.717. The lowest BCUT2D eigenvalue weighted by molar-refractivity contribution is 0.156. The van der Waals surface area contributed by atoms with Gasteiger partial charge in [0.1, 0.15) is 0 Å². The van der Waals surface area contributed by atoms with Gasteiger partial charge in [-0.1, -0.05) is 33.6 Å². The van der Waals surface area contributed by atoms with Gasteiger partial charge in [0.2, 0.25) is 0 Å². The van der Waals surface area contributed by atoms with Crippen LogP contribution in [0.15, 0.2) is 0 Å². The number of unbranched alkanes of at least 4 members (excludes halogenated alkanes) is 1. The summed E-state index contributed by atoms with van der Waals surface area (Å²) in [6.45, 7) is 7.34. The molecule has 0 saturated heterocycles. The molecule has 14 heavy (non-hydrogen) atoms.